The van der Waals surface area contributed by atoms with Crippen LogP contribution in [-0.4, -0.2) is 51.8 Å². The number of alkyl halides is 2. The molecule has 33 heavy (non-hydrogen) atoms. The maximum atomic E-state index is 13.6. The van der Waals surface area contributed by atoms with Crippen LogP contribution in [0.1, 0.15) is 52.1 Å². The van der Waals surface area contributed by atoms with Crippen LogP contribution in [0, 0.1) is 6.92 Å². The molecule has 3 rings (SSSR count). The van der Waals surface area contributed by atoms with Crippen molar-refractivity contribution in [2.75, 3.05) is 18.5 Å². The standard InChI is InChI=1S/C21H28ClF2N5O3S/c1-12-11-33-18(26-12)17-28-15(22)14(31-10-9-25-19(30)32-20(2,3)4)16(29-17)27-13-5-7-21(23,24)8-6-13/h11,13H,5-10H2,1-4H3,(H,25,30)(H,27,28,29). The molecule has 0 unspecified atom stereocenters. The van der Waals surface area contributed by atoms with E-state index in [-0.39, 0.29) is 42.9 Å². The SMILES string of the molecule is Cc1csc(-c2nc(Cl)c(OCCNC(=O)OC(C)(C)C)c(NC3CCC(F)(F)CC3)n2)n1. The van der Waals surface area contributed by atoms with Crippen LogP contribution < -0.4 is 15.4 Å². The molecule has 12 heteroatoms. The van der Waals surface area contributed by atoms with Crippen LogP contribution in [0.5, 0.6) is 5.75 Å². The summed E-state index contributed by atoms with van der Waals surface area (Å²) in [6.45, 7) is 7.40. The highest BCUT2D eigenvalue weighted by Gasteiger charge is 2.35. The molecule has 2 heterocycles. The highest BCUT2D eigenvalue weighted by molar-refractivity contribution is 7.13. The summed E-state index contributed by atoms with van der Waals surface area (Å²) in [6.07, 6.45) is -0.375. The van der Waals surface area contributed by atoms with Crippen molar-refractivity contribution < 1.29 is 23.0 Å². The minimum atomic E-state index is -2.64. The molecule has 2 aromatic heterocycles. The van der Waals surface area contributed by atoms with Gasteiger partial charge in [-0.25, -0.2) is 28.5 Å². The number of carbonyl (C=O) groups is 1. The van der Waals surface area contributed by atoms with Gasteiger partial charge >= 0.3 is 6.09 Å². The Hall–Kier alpha value is -2.27. The van der Waals surface area contributed by atoms with E-state index in [9.17, 15) is 13.6 Å². The van der Waals surface area contributed by atoms with E-state index in [0.29, 0.717) is 29.5 Å². The van der Waals surface area contributed by atoms with E-state index in [0.717, 1.165) is 5.69 Å². The zero-order valence-corrected chi connectivity index (χ0v) is 20.6. The summed E-state index contributed by atoms with van der Waals surface area (Å²) in [6, 6.07) is -0.205. The Labute approximate surface area is 200 Å². The van der Waals surface area contributed by atoms with Gasteiger partial charge in [0, 0.05) is 30.0 Å². The fraction of sp³-hybridized carbons (Fsp3) is 0.619. The molecule has 2 aromatic rings. The first kappa shape index (κ1) is 25.4. The van der Waals surface area contributed by atoms with Crippen LogP contribution in [-0.2, 0) is 4.74 Å². The van der Waals surface area contributed by atoms with E-state index in [4.69, 9.17) is 21.1 Å². The quantitative estimate of drug-likeness (QED) is 0.382. The molecule has 0 aliphatic heterocycles. The Kier molecular flexibility index (Phi) is 7.94. The van der Waals surface area contributed by atoms with Gasteiger partial charge in [0.15, 0.2) is 27.6 Å². The van der Waals surface area contributed by atoms with Crippen molar-refractivity contribution in [1.29, 1.82) is 0 Å². The smallest absolute Gasteiger partial charge is 0.407 e. The van der Waals surface area contributed by atoms with Gasteiger partial charge < -0.3 is 20.1 Å². The number of rotatable bonds is 7. The maximum absolute atomic E-state index is 13.6. The molecular weight excluding hydrogens is 476 g/mol. The van der Waals surface area contributed by atoms with E-state index in [1.807, 2.05) is 12.3 Å². The number of hydrogen-bond donors (Lipinski definition) is 2. The molecule has 1 aliphatic rings. The number of hydrogen-bond acceptors (Lipinski definition) is 8. The molecule has 0 saturated heterocycles. The van der Waals surface area contributed by atoms with Crippen molar-refractivity contribution in [2.45, 2.75) is 70.9 Å². The fourth-order valence-electron chi connectivity index (χ4n) is 3.20. The van der Waals surface area contributed by atoms with Gasteiger partial charge in [-0.3, -0.25) is 0 Å². The lowest BCUT2D eigenvalue weighted by molar-refractivity contribution is -0.0361. The maximum Gasteiger partial charge on any atom is 0.407 e. The second kappa shape index (κ2) is 10.3. The number of alkyl carbamates (subject to hydrolysis) is 1. The Morgan fingerprint density at radius 1 is 1.27 bits per heavy atom. The van der Waals surface area contributed by atoms with Gasteiger partial charge in [0.05, 0.1) is 6.54 Å². The third-order valence-electron chi connectivity index (χ3n) is 4.71. The van der Waals surface area contributed by atoms with Crippen molar-refractivity contribution in [3.8, 4) is 16.6 Å². The first-order valence-corrected chi connectivity index (χ1v) is 11.9. The van der Waals surface area contributed by atoms with Gasteiger partial charge in [-0.2, -0.15) is 0 Å². The van der Waals surface area contributed by atoms with Crippen LogP contribution in [0.25, 0.3) is 10.8 Å². The van der Waals surface area contributed by atoms with Crippen LogP contribution in [0.3, 0.4) is 0 Å². The van der Waals surface area contributed by atoms with Crippen LogP contribution in [0.4, 0.5) is 19.4 Å². The Morgan fingerprint density at radius 3 is 2.58 bits per heavy atom. The molecule has 0 radical (unpaired) electrons. The predicted octanol–water partition coefficient (Wildman–Crippen LogP) is 5.46. The number of aryl methyl sites for hydroxylation is 1. The van der Waals surface area contributed by atoms with Gasteiger partial charge in [0.1, 0.15) is 12.2 Å². The monoisotopic (exact) mass is 503 g/mol. The number of carbonyl (C=O) groups excluding carboxylic acids is 1. The molecule has 182 valence electrons. The molecular formula is C21H28ClF2N5O3S. The number of anilines is 1. The van der Waals surface area contributed by atoms with Crippen LogP contribution >= 0.6 is 22.9 Å². The van der Waals surface area contributed by atoms with Crippen molar-refractivity contribution in [1.82, 2.24) is 20.3 Å². The van der Waals surface area contributed by atoms with Crippen LogP contribution in [0.2, 0.25) is 5.15 Å². The molecule has 0 spiro atoms. The molecule has 1 fully saturated rings. The average Bonchev–Trinajstić information content (AvgIpc) is 3.13. The van der Waals surface area contributed by atoms with E-state index >= 15 is 0 Å². The summed E-state index contributed by atoms with van der Waals surface area (Å²) in [7, 11) is 0. The van der Waals surface area contributed by atoms with Crippen molar-refractivity contribution in [2.24, 2.45) is 0 Å². The van der Waals surface area contributed by atoms with Gasteiger partial charge in [0.2, 0.25) is 5.92 Å². The number of thiazole rings is 1. The number of aromatic nitrogens is 3. The van der Waals surface area contributed by atoms with Gasteiger partial charge in [-0.05, 0) is 40.5 Å². The lowest BCUT2D eigenvalue weighted by atomic mass is 9.92. The zero-order chi connectivity index (χ0) is 24.2. The number of ether oxygens (including phenoxy) is 2. The minimum Gasteiger partial charge on any atom is -0.485 e. The highest BCUT2D eigenvalue weighted by atomic mass is 35.5. The summed E-state index contributed by atoms with van der Waals surface area (Å²) < 4.78 is 38.1. The second-order valence-corrected chi connectivity index (χ2v) is 10.1. The topological polar surface area (TPSA) is 98.3 Å². The van der Waals surface area contributed by atoms with E-state index in [2.05, 4.69) is 25.6 Å². The zero-order valence-electron chi connectivity index (χ0n) is 19.0. The summed E-state index contributed by atoms with van der Waals surface area (Å²) in [5, 5.41) is 8.32. The Bertz CT molecular complexity index is 973. The van der Waals surface area contributed by atoms with Crippen molar-refractivity contribution >= 4 is 34.8 Å². The van der Waals surface area contributed by atoms with Crippen LogP contribution in [0.15, 0.2) is 5.38 Å². The van der Waals surface area contributed by atoms with E-state index < -0.39 is 17.6 Å². The van der Waals surface area contributed by atoms with Crippen molar-refractivity contribution in [3.63, 3.8) is 0 Å². The van der Waals surface area contributed by atoms with E-state index in [1.54, 1.807) is 20.8 Å². The molecule has 0 bridgehead atoms. The summed E-state index contributed by atoms with van der Waals surface area (Å²) in [5.74, 6) is -1.82. The van der Waals surface area contributed by atoms with Gasteiger partial charge in [-0.15, -0.1) is 11.3 Å². The molecule has 2 N–H and O–H groups in total. The van der Waals surface area contributed by atoms with Crippen molar-refractivity contribution in [3.05, 3.63) is 16.2 Å². The molecule has 1 saturated carbocycles. The third kappa shape index (κ3) is 7.63. The number of amides is 1. The number of nitrogens with zero attached hydrogens (tertiary/aromatic N) is 3. The first-order chi connectivity index (χ1) is 15.4. The molecule has 0 aromatic carbocycles. The molecule has 0 atom stereocenters. The molecule has 1 amide bonds. The summed E-state index contributed by atoms with van der Waals surface area (Å²) in [5.41, 5.74) is 0.215. The average molecular weight is 504 g/mol. The molecule has 1 aliphatic carbocycles. The Morgan fingerprint density at radius 2 is 1.97 bits per heavy atom. The lowest BCUT2D eigenvalue weighted by Gasteiger charge is -2.29. The normalized spacial score (nSPS) is 16.3. The minimum absolute atomic E-state index is 0.0637. The van der Waals surface area contributed by atoms with Gasteiger partial charge in [-0.1, -0.05) is 11.6 Å². The fourth-order valence-corrected chi connectivity index (χ4v) is 4.15. The first-order valence-electron chi connectivity index (χ1n) is 10.7. The Balaban J connectivity index is 1.73. The summed E-state index contributed by atoms with van der Waals surface area (Å²) >= 11 is 7.79. The van der Waals surface area contributed by atoms with Gasteiger partial charge in [0.25, 0.3) is 0 Å². The largest absolute Gasteiger partial charge is 0.485 e. The number of nitrogens with one attached hydrogen (secondary N) is 2. The summed E-state index contributed by atoms with van der Waals surface area (Å²) in [4.78, 5) is 25.0. The third-order valence-corrected chi connectivity index (χ3v) is 5.92. The number of halogens is 3. The molecule has 8 nitrogen and oxygen atoms in total. The highest BCUT2D eigenvalue weighted by Crippen LogP contribution is 2.38. The predicted molar refractivity (Wildman–Crippen MR) is 123 cm³/mol. The second-order valence-electron chi connectivity index (χ2n) is 8.86. The lowest BCUT2D eigenvalue weighted by Crippen LogP contribution is -2.35. The van der Waals surface area contributed by atoms with E-state index in [1.165, 1.54) is 11.3 Å².